The molecular weight excluding hydrogens is 148 g/mol. The molecule has 1 saturated carbocycles. The lowest BCUT2D eigenvalue weighted by atomic mass is 9.83. The van der Waals surface area contributed by atoms with Crippen molar-refractivity contribution < 1.29 is 0 Å². The summed E-state index contributed by atoms with van der Waals surface area (Å²) in [6.07, 6.45) is 5.77. The number of likely N-dealkylation sites (N-methyl/N-ethyl adjacent to an activating group) is 1. The van der Waals surface area contributed by atoms with Crippen molar-refractivity contribution in [1.29, 1.82) is 0 Å². The zero-order valence-corrected chi connectivity index (χ0v) is 8.42. The Morgan fingerprint density at radius 3 is 2.58 bits per heavy atom. The van der Waals surface area contributed by atoms with Gasteiger partial charge < -0.3 is 10.6 Å². The van der Waals surface area contributed by atoms with Gasteiger partial charge in [-0.25, -0.2) is 0 Å². The van der Waals surface area contributed by atoms with E-state index < -0.39 is 0 Å². The number of nitrogens with two attached hydrogens (primary N) is 1. The van der Waals surface area contributed by atoms with Gasteiger partial charge in [0.1, 0.15) is 0 Å². The third kappa shape index (κ3) is 3.55. The number of nitrogens with zero attached hydrogens (tertiary/aromatic N) is 1. The molecule has 1 atom stereocenters. The van der Waals surface area contributed by atoms with Crippen molar-refractivity contribution in [3.05, 3.63) is 0 Å². The van der Waals surface area contributed by atoms with Gasteiger partial charge in [0.2, 0.25) is 0 Å². The molecule has 0 heterocycles. The standard InChI is InChI=1S/C10H22N2/c1-9(11)8-12(2)7-6-10-4-3-5-10/h9-10H,3-8,11H2,1-2H3. The first kappa shape index (κ1) is 10.0. The van der Waals surface area contributed by atoms with E-state index in [1.54, 1.807) is 0 Å². The van der Waals surface area contributed by atoms with Crippen molar-refractivity contribution >= 4 is 0 Å². The van der Waals surface area contributed by atoms with Crippen LogP contribution in [0.4, 0.5) is 0 Å². The minimum Gasteiger partial charge on any atom is -0.327 e. The van der Waals surface area contributed by atoms with Gasteiger partial charge in [0.05, 0.1) is 0 Å². The Morgan fingerprint density at radius 2 is 2.17 bits per heavy atom. The van der Waals surface area contributed by atoms with Crippen molar-refractivity contribution in [2.45, 2.75) is 38.6 Å². The van der Waals surface area contributed by atoms with E-state index in [1.165, 1.54) is 32.2 Å². The Balaban J connectivity index is 1.97. The van der Waals surface area contributed by atoms with Crippen LogP contribution in [0.25, 0.3) is 0 Å². The summed E-state index contributed by atoms with van der Waals surface area (Å²) >= 11 is 0. The molecule has 0 aromatic carbocycles. The fourth-order valence-corrected chi connectivity index (χ4v) is 1.77. The summed E-state index contributed by atoms with van der Waals surface area (Å²) < 4.78 is 0. The van der Waals surface area contributed by atoms with Gasteiger partial charge in [-0.1, -0.05) is 19.3 Å². The van der Waals surface area contributed by atoms with E-state index in [0.717, 1.165) is 12.5 Å². The predicted molar refractivity (Wildman–Crippen MR) is 53.1 cm³/mol. The Hall–Kier alpha value is -0.0800. The minimum atomic E-state index is 0.316. The van der Waals surface area contributed by atoms with Gasteiger partial charge in [0, 0.05) is 12.6 Å². The summed E-state index contributed by atoms with van der Waals surface area (Å²) in [5.74, 6) is 1.03. The molecule has 0 aromatic rings. The molecule has 0 saturated heterocycles. The number of rotatable bonds is 5. The molecule has 0 spiro atoms. The highest BCUT2D eigenvalue weighted by atomic mass is 15.1. The fraction of sp³-hybridized carbons (Fsp3) is 1.00. The molecule has 0 aliphatic heterocycles. The van der Waals surface area contributed by atoms with Crippen LogP contribution < -0.4 is 5.73 Å². The van der Waals surface area contributed by atoms with Crippen LogP contribution in [-0.2, 0) is 0 Å². The van der Waals surface area contributed by atoms with Crippen molar-refractivity contribution in [2.75, 3.05) is 20.1 Å². The van der Waals surface area contributed by atoms with Gasteiger partial charge in [-0.15, -0.1) is 0 Å². The molecule has 0 amide bonds. The van der Waals surface area contributed by atoms with Gasteiger partial charge in [0.15, 0.2) is 0 Å². The summed E-state index contributed by atoms with van der Waals surface area (Å²) in [5, 5.41) is 0. The average Bonchev–Trinajstić information content (AvgIpc) is 1.81. The smallest absolute Gasteiger partial charge is 0.0139 e. The van der Waals surface area contributed by atoms with Gasteiger partial charge >= 0.3 is 0 Å². The largest absolute Gasteiger partial charge is 0.327 e. The van der Waals surface area contributed by atoms with Crippen molar-refractivity contribution in [1.82, 2.24) is 4.90 Å². The molecule has 2 N–H and O–H groups in total. The second kappa shape index (κ2) is 4.83. The minimum absolute atomic E-state index is 0.316. The van der Waals surface area contributed by atoms with E-state index in [2.05, 4.69) is 18.9 Å². The summed E-state index contributed by atoms with van der Waals surface area (Å²) in [6, 6.07) is 0.316. The quantitative estimate of drug-likeness (QED) is 0.677. The topological polar surface area (TPSA) is 29.3 Å². The van der Waals surface area contributed by atoms with Crippen LogP contribution in [0.15, 0.2) is 0 Å². The summed E-state index contributed by atoms with van der Waals surface area (Å²) in [7, 11) is 2.17. The molecule has 1 aliphatic carbocycles. The highest BCUT2D eigenvalue weighted by molar-refractivity contribution is 4.71. The molecule has 0 bridgehead atoms. The molecule has 0 aromatic heterocycles. The molecule has 1 aliphatic rings. The van der Waals surface area contributed by atoms with E-state index >= 15 is 0 Å². The fourth-order valence-electron chi connectivity index (χ4n) is 1.77. The molecule has 2 heteroatoms. The van der Waals surface area contributed by atoms with Crippen LogP contribution in [0, 0.1) is 5.92 Å². The maximum atomic E-state index is 5.70. The van der Waals surface area contributed by atoms with Gasteiger partial charge in [0.25, 0.3) is 0 Å². The first-order valence-electron chi connectivity index (χ1n) is 5.12. The van der Waals surface area contributed by atoms with Crippen molar-refractivity contribution in [3.8, 4) is 0 Å². The normalized spacial score (nSPS) is 21.0. The number of hydrogen-bond acceptors (Lipinski definition) is 2. The van der Waals surface area contributed by atoms with E-state index in [0.29, 0.717) is 6.04 Å². The lowest BCUT2D eigenvalue weighted by molar-refractivity contribution is 0.234. The zero-order chi connectivity index (χ0) is 8.97. The third-order valence-electron chi connectivity index (χ3n) is 2.74. The maximum absolute atomic E-state index is 5.70. The monoisotopic (exact) mass is 170 g/mol. The Labute approximate surface area is 76.1 Å². The van der Waals surface area contributed by atoms with E-state index in [4.69, 9.17) is 5.73 Å². The molecule has 72 valence electrons. The number of hydrogen-bond donors (Lipinski definition) is 1. The predicted octanol–water partition coefficient (Wildman–Crippen LogP) is 1.46. The second-order valence-corrected chi connectivity index (χ2v) is 4.33. The summed E-state index contributed by atoms with van der Waals surface area (Å²) in [5.41, 5.74) is 5.70. The van der Waals surface area contributed by atoms with Crippen LogP contribution >= 0.6 is 0 Å². The van der Waals surface area contributed by atoms with Crippen LogP contribution in [-0.4, -0.2) is 31.1 Å². The maximum Gasteiger partial charge on any atom is 0.0139 e. The van der Waals surface area contributed by atoms with E-state index in [1.807, 2.05) is 0 Å². The van der Waals surface area contributed by atoms with Crippen molar-refractivity contribution in [2.24, 2.45) is 11.7 Å². The highest BCUT2D eigenvalue weighted by Crippen LogP contribution is 2.29. The molecular formula is C10H22N2. The Kier molecular flexibility index (Phi) is 4.02. The molecule has 12 heavy (non-hydrogen) atoms. The van der Waals surface area contributed by atoms with Gasteiger partial charge in [-0.2, -0.15) is 0 Å². The van der Waals surface area contributed by atoms with Crippen LogP contribution in [0.1, 0.15) is 32.6 Å². The summed E-state index contributed by atoms with van der Waals surface area (Å²) in [4.78, 5) is 2.35. The van der Waals surface area contributed by atoms with Gasteiger partial charge in [-0.3, -0.25) is 0 Å². The molecule has 1 rings (SSSR count). The lowest BCUT2D eigenvalue weighted by Crippen LogP contribution is -2.34. The average molecular weight is 170 g/mol. The SMILES string of the molecule is CC(N)CN(C)CCC1CCC1. The van der Waals surface area contributed by atoms with Gasteiger partial charge in [-0.05, 0) is 32.9 Å². The first-order valence-corrected chi connectivity index (χ1v) is 5.12. The highest BCUT2D eigenvalue weighted by Gasteiger charge is 2.17. The molecule has 0 radical (unpaired) electrons. The summed E-state index contributed by atoms with van der Waals surface area (Å²) in [6.45, 7) is 4.33. The Morgan fingerprint density at radius 1 is 1.50 bits per heavy atom. The first-order chi connectivity index (χ1) is 5.68. The van der Waals surface area contributed by atoms with E-state index in [-0.39, 0.29) is 0 Å². The Bertz CT molecular complexity index is 119. The van der Waals surface area contributed by atoms with E-state index in [9.17, 15) is 0 Å². The second-order valence-electron chi connectivity index (χ2n) is 4.33. The lowest BCUT2D eigenvalue weighted by Gasteiger charge is -2.28. The van der Waals surface area contributed by atoms with Crippen LogP contribution in [0.2, 0.25) is 0 Å². The van der Waals surface area contributed by atoms with Crippen LogP contribution in [0.5, 0.6) is 0 Å². The van der Waals surface area contributed by atoms with Crippen molar-refractivity contribution in [3.63, 3.8) is 0 Å². The molecule has 2 nitrogen and oxygen atoms in total. The third-order valence-corrected chi connectivity index (χ3v) is 2.74. The van der Waals surface area contributed by atoms with Crippen LogP contribution in [0.3, 0.4) is 0 Å². The molecule has 1 unspecified atom stereocenters. The molecule has 1 fully saturated rings. The zero-order valence-electron chi connectivity index (χ0n) is 8.42.